The van der Waals surface area contributed by atoms with Crippen LogP contribution >= 0.6 is 0 Å². The lowest BCUT2D eigenvalue weighted by atomic mass is 10.2. The molecule has 3 rings (SSSR count). The van der Waals surface area contributed by atoms with Crippen molar-refractivity contribution in [1.82, 2.24) is 19.4 Å². The molecular weight excluding hydrogens is 384 g/mol. The van der Waals surface area contributed by atoms with Crippen molar-refractivity contribution in [2.75, 3.05) is 32.8 Å². The third-order valence-corrected chi connectivity index (χ3v) is 6.25. The number of sulfonamides is 1. The lowest BCUT2D eigenvalue weighted by Crippen LogP contribution is -2.40. The van der Waals surface area contributed by atoms with Gasteiger partial charge in [-0.2, -0.15) is 9.40 Å². The molecule has 28 heavy (non-hydrogen) atoms. The smallest absolute Gasteiger partial charge is 0.266 e. The first kappa shape index (κ1) is 20.2. The number of carbonyl (C=O) groups excluding carboxylic acids is 1. The second-order valence-corrected chi connectivity index (χ2v) is 8.27. The molecule has 9 nitrogen and oxygen atoms in total. The first-order valence-corrected chi connectivity index (χ1v) is 10.3. The molecule has 1 aliphatic heterocycles. The monoisotopic (exact) mass is 406 g/mol. The standard InChI is InChI=1S/C18H22N4O5S/c1-14-2-7-17(23)22(20-14)9-8-19-18(24)15-3-5-16(6-4-15)28(25,26)21-10-12-27-13-11-21/h2-7H,8-13H2,1H3,(H,19,24). The molecule has 0 unspecified atom stereocenters. The highest BCUT2D eigenvalue weighted by Gasteiger charge is 2.26. The molecule has 1 amide bonds. The van der Waals surface area contributed by atoms with Crippen LogP contribution in [0, 0.1) is 6.92 Å². The Morgan fingerprint density at radius 3 is 2.50 bits per heavy atom. The fourth-order valence-electron chi connectivity index (χ4n) is 2.80. The van der Waals surface area contributed by atoms with Crippen LogP contribution in [0.4, 0.5) is 0 Å². The third-order valence-electron chi connectivity index (χ3n) is 4.33. The van der Waals surface area contributed by atoms with E-state index in [9.17, 15) is 18.0 Å². The van der Waals surface area contributed by atoms with E-state index in [0.717, 1.165) is 0 Å². The summed E-state index contributed by atoms with van der Waals surface area (Å²) in [5.41, 5.74) is 0.811. The van der Waals surface area contributed by atoms with Crippen molar-refractivity contribution in [1.29, 1.82) is 0 Å². The van der Waals surface area contributed by atoms with E-state index in [1.165, 1.54) is 39.3 Å². The van der Waals surface area contributed by atoms with Crippen molar-refractivity contribution in [2.45, 2.75) is 18.4 Å². The molecule has 2 heterocycles. The lowest BCUT2D eigenvalue weighted by molar-refractivity contribution is 0.0730. The zero-order valence-electron chi connectivity index (χ0n) is 15.5. The summed E-state index contributed by atoms with van der Waals surface area (Å²) in [5.74, 6) is -0.351. The van der Waals surface area contributed by atoms with Crippen LogP contribution < -0.4 is 10.9 Å². The third kappa shape index (κ3) is 4.64. The van der Waals surface area contributed by atoms with Gasteiger partial charge < -0.3 is 10.1 Å². The summed E-state index contributed by atoms with van der Waals surface area (Å²) < 4.78 is 33.0. The first-order chi connectivity index (χ1) is 13.4. The molecule has 1 aromatic heterocycles. The molecule has 1 saturated heterocycles. The van der Waals surface area contributed by atoms with Crippen LogP contribution in [0.25, 0.3) is 0 Å². The summed E-state index contributed by atoms with van der Waals surface area (Å²) in [5, 5.41) is 6.80. The highest BCUT2D eigenvalue weighted by atomic mass is 32.2. The van der Waals surface area contributed by atoms with Gasteiger partial charge in [0.1, 0.15) is 0 Å². The van der Waals surface area contributed by atoms with E-state index in [0.29, 0.717) is 37.6 Å². The van der Waals surface area contributed by atoms with E-state index >= 15 is 0 Å². The SMILES string of the molecule is Cc1ccc(=O)n(CCNC(=O)c2ccc(S(=O)(=O)N3CCOCC3)cc2)n1. The van der Waals surface area contributed by atoms with Gasteiger partial charge in [-0.1, -0.05) is 0 Å². The Bertz CT molecular complexity index is 995. The summed E-state index contributed by atoms with van der Waals surface area (Å²) in [4.78, 5) is 24.1. The Morgan fingerprint density at radius 1 is 1.14 bits per heavy atom. The maximum Gasteiger partial charge on any atom is 0.266 e. The van der Waals surface area contributed by atoms with Crippen LogP contribution in [0.5, 0.6) is 0 Å². The minimum absolute atomic E-state index is 0.140. The van der Waals surface area contributed by atoms with Crippen molar-refractivity contribution < 1.29 is 17.9 Å². The number of nitrogens with one attached hydrogen (secondary N) is 1. The van der Waals surface area contributed by atoms with Gasteiger partial charge in [-0.15, -0.1) is 0 Å². The van der Waals surface area contributed by atoms with Gasteiger partial charge in [0.05, 0.1) is 30.3 Å². The number of aryl methyl sites for hydroxylation is 1. The number of hydrogen-bond acceptors (Lipinski definition) is 6. The maximum atomic E-state index is 12.6. The molecule has 2 aromatic rings. The summed E-state index contributed by atoms with van der Waals surface area (Å²) in [6.45, 7) is 3.63. The number of ether oxygens (including phenoxy) is 1. The van der Waals surface area contributed by atoms with Gasteiger partial charge in [0, 0.05) is 31.3 Å². The van der Waals surface area contributed by atoms with Gasteiger partial charge in [0.25, 0.3) is 11.5 Å². The second kappa shape index (κ2) is 8.63. The highest BCUT2D eigenvalue weighted by Crippen LogP contribution is 2.17. The van der Waals surface area contributed by atoms with Gasteiger partial charge in [-0.05, 0) is 37.3 Å². The van der Waals surface area contributed by atoms with Crippen molar-refractivity contribution in [3.8, 4) is 0 Å². The number of carbonyl (C=O) groups is 1. The molecule has 1 fully saturated rings. The number of amides is 1. The molecule has 0 saturated carbocycles. The van der Waals surface area contributed by atoms with Crippen molar-refractivity contribution in [3.05, 3.63) is 58.0 Å². The van der Waals surface area contributed by atoms with E-state index in [2.05, 4.69) is 10.4 Å². The van der Waals surface area contributed by atoms with Gasteiger partial charge >= 0.3 is 0 Å². The fourth-order valence-corrected chi connectivity index (χ4v) is 4.21. The van der Waals surface area contributed by atoms with Gasteiger partial charge in [-0.3, -0.25) is 9.59 Å². The molecule has 0 atom stereocenters. The molecular formula is C18H22N4O5S. The number of nitrogens with zero attached hydrogens (tertiary/aromatic N) is 3. The number of morpholine rings is 1. The minimum atomic E-state index is -3.59. The summed E-state index contributed by atoms with van der Waals surface area (Å²) in [7, 11) is -3.59. The molecule has 0 aliphatic carbocycles. The molecule has 0 radical (unpaired) electrons. The van der Waals surface area contributed by atoms with E-state index in [1.807, 2.05) is 0 Å². The van der Waals surface area contributed by atoms with Crippen LogP contribution in [-0.4, -0.2) is 61.3 Å². The second-order valence-electron chi connectivity index (χ2n) is 6.33. The first-order valence-electron chi connectivity index (χ1n) is 8.89. The Morgan fingerprint density at radius 2 is 1.82 bits per heavy atom. The number of rotatable bonds is 6. The Balaban J connectivity index is 1.60. The zero-order chi connectivity index (χ0) is 20.1. The Labute approximate surface area is 163 Å². The lowest BCUT2D eigenvalue weighted by Gasteiger charge is -2.26. The topological polar surface area (TPSA) is 111 Å². The Hall–Kier alpha value is -2.56. The van der Waals surface area contributed by atoms with Crippen molar-refractivity contribution in [2.24, 2.45) is 0 Å². The highest BCUT2D eigenvalue weighted by molar-refractivity contribution is 7.89. The molecule has 0 bridgehead atoms. The van der Waals surface area contributed by atoms with Crippen LogP contribution in [0.15, 0.2) is 46.1 Å². The van der Waals surface area contributed by atoms with Crippen molar-refractivity contribution >= 4 is 15.9 Å². The van der Waals surface area contributed by atoms with E-state index in [-0.39, 0.29) is 29.5 Å². The van der Waals surface area contributed by atoms with E-state index in [4.69, 9.17) is 4.74 Å². The number of benzene rings is 1. The molecule has 1 N–H and O–H groups in total. The predicted molar refractivity (Wildman–Crippen MR) is 102 cm³/mol. The number of hydrogen-bond donors (Lipinski definition) is 1. The Kier molecular flexibility index (Phi) is 6.22. The molecule has 1 aliphatic rings. The summed E-state index contributed by atoms with van der Waals surface area (Å²) in [6.07, 6.45) is 0. The van der Waals surface area contributed by atoms with Crippen molar-refractivity contribution in [3.63, 3.8) is 0 Å². The van der Waals surface area contributed by atoms with Crippen LogP contribution in [0.2, 0.25) is 0 Å². The van der Waals surface area contributed by atoms with Crippen LogP contribution in [0.1, 0.15) is 16.1 Å². The zero-order valence-corrected chi connectivity index (χ0v) is 16.3. The summed E-state index contributed by atoms with van der Waals surface area (Å²) >= 11 is 0. The quantitative estimate of drug-likeness (QED) is 0.723. The average molecular weight is 406 g/mol. The normalized spacial score (nSPS) is 15.3. The molecule has 10 heteroatoms. The van der Waals surface area contributed by atoms with Gasteiger partial charge in [0.15, 0.2) is 0 Å². The molecule has 0 spiro atoms. The number of aromatic nitrogens is 2. The predicted octanol–water partition coefficient (Wildman–Crippen LogP) is 0.00262. The van der Waals surface area contributed by atoms with Crippen LogP contribution in [-0.2, 0) is 21.3 Å². The molecule has 150 valence electrons. The van der Waals surface area contributed by atoms with E-state index in [1.54, 1.807) is 13.0 Å². The van der Waals surface area contributed by atoms with Gasteiger partial charge in [-0.25, -0.2) is 13.1 Å². The fraction of sp³-hybridized carbons (Fsp3) is 0.389. The molecule has 1 aromatic carbocycles. The minimum Gasteiger partial charge on any atom is -0.379 e. The average Bonchev–Trinajstić information content (AvgIpc) is 2.71. The van der Waals surface area contributed by atoms with E-state index < -0.39 is 10.0 Å². The maximum absolute atomic E-state index is 12.6. The largest absolute Gasteiger partial charge is 0.379 e. The summed E-state index contributed by atoms with van der Waals surface area (Å²) in [6, 6.07) is 8.85. The van der Waals surface area contributed by atoms with Gasteiger partial charge in [0.2, 0.25) is 10.0 Å². The van der Waals surface area contributed by atoms with Crippen LogP contribution in [0.3, 0.4) is 0 Å².